The lowest BCUT2D eigenvalue weighted by Gasteiger charge is -2.31. The van der Waals surface area contributed by atoms with E-state index in [0.717, 1.165) is 31.5 Å². The third-order valence-corrected chi connectivity index (χ3v) is 4.16. The van der Waals surface area contributed by atoms with Gasteiger partial charge in [0, 0.05) is 19.2 Å². The average molecular weight is 219 g/mol. The molecule has 0 atom stereocenters. The minimum Gasteiger partial charge on any atom is -0.335 e. The normalized spacial score (nSPS) is 24.1. The quantitative estimate of drug-likeness (QED) is 0.788. The molecule has 1 aromatic rings. The maximum atomic E-state index is 6.52. The molecule has 3 heteroatoms. The molecule has 3 nitrogen and oxygen atoms in total. The van der Waals surface area contributed by atoms with Crippen molar-refractivity contribution in [1.29, 1.82) is 0 Å². The van der Waals surface area contributed by atoms with E-state index in [1.165, 1.54) is 37.9 Å². The molecular formula is C13H21N3. The Hall–Kier alpha value is -0.830. The monoisotopic (exact) mass is 219 g/mol. The van der Waals surface area contributed by atoms with Crippen molar-refractivity contribution in [3.05, 3.63) is 17.7 Å². The van der Waals surface area contributed by atoms with Gasteiger partial charge in [0.2, 0.25) is 0 Å². The van der Waals surface area contributed by atoms with Crippen LogP contribution < -0.4 is 5.73 Å². The molecule has 3 rings (SSSR count). The van der Waals surface area contributed by atoms with Gasteiger partial charge in [-0.25, -0.2) is 4.98 Å². The Kier molecular flexibility index (Phi) is 2.51. The number of imidazole rings is 1. The standard InChI is InChI=1S/C13H21N3/c14-13(7-3-1-4-8-13)11-10-16-9-5-2-6-12(16)15-11/h10H,1-9,14H2. The number of fused-ring (bicyclic) bond motifs is 1. The van der Waals surface area contributed by atoms with Crippen LogP contribution in [0.15, 0.2) is 6.20 Å². The van der Waals surface area contributed by atoms with Crippen molar-refractivity contribution in [2.45, 2.75) is 63.5 Å². The molecule has 16 heavy (non-hydrogen) atoms. The first-order chi connectivity index (χ1) is 7.78. The molecule has 1 aliphatic heterocycles. The minimum absolute atomic E-state index is 0.122. The fourth-order valence-corrected chi connectivity index (χ4v) is 3.09. The van der Waals surface area contributed by atoms with Crippen molar-refractivity contribution >= 4 is 0 Å². The molecule has 2 aliphatic rings. The second-order valence-electron chi connectivity index (χ2n) is 5.41. The summed E-state index contributed by atoms with van der Waals surface area (Å²) in [5.41, 5.74) is 7.55. The molecule has 2 N–H and O–H groups in total. The van der Waals surface area contributed by atoms with Crippen molar-refractivity contribution in [3.63, 3.8) is 0 Å². The van der Waals surface area contributed by atoms with E-state index in [0.29, 0.717) is 0 Å². The number of nitrogens with two attached hydrogens (primary N) is 1. The highest BCUT2D eigenvalue weighted by Crippen LogP contribution is 2.34. The Morgan fingerprint density at radius 2 is 1.94 bits per heavy atom. The zero-order chi connectivity index (χ0) is 11.0. The molecule has 0 spiro atoms. The van der Waals surface area contributed by atoms with Crippen molar-refractivity contribution in [2.75, 3.05) is 0 Å². The molecule has 0 amide bonds. The lowest BCUT2D eigenvalue weighted by molar-refractivity contribution is 0.295. The topological polar surface area (TPSA) is 43.8 Å². The van der Waals surface area contributed by atoms with Crippen LogP contribution in [0.4, 0.5) is 0 Å². The van der Waals surface area contributed by atoms with Gasteiger partial charge in [-0.15, -0.1) is 0 Å². The summed E-state index contributed by atoms with van der Waals surface area (Å²) in [7, 11) is 0. The summed E-state index contributed by atoms with van der Waals surface area (Å²) in [5.74, 6) is 1.26. The van der Waals surface area contributed by atoms with E-state index in [1.807, 2.05) is 0 Å². The first kappa shape index (κ1) is 10.3. The molecule has 1 aromatic heterocycles. The van der Waals surface area contributed by atoms with Gasteiger partial charge < -0.3 is 10.3 Å². The molecule has 1 saturated carbocycles. The van der Waals surface area contributed by atoms with Crippen molar-refractivity contribution < 1.29 is 0 Å². The van der Waals surface area contributed by atoms with E-state index < -0.39 is 0 Å². The van der Waals surface area contributed by atoms with Crippen molar-refractivity contribution in [3.8, 4) is 0 Å². The molecule has 0 aromatic carbocycles. The molecule has 88 valence electrons. The van der Waals surface area contributed by atoms with Gasteiger partial charge in [0.15, 0.2) is 0 Å². The van der Waals surface area contributed by atoms with E-state index in [-0.39, 0.29) is 5.54 Å². The molecule has 0 saturated heterocycles. The highest BCUT2D eigenvalue weighted by molar-refractivity contribution is 5.17. The third kappa shape index (κ3) is 1.67. The van der Waals surface area contributed by atoms with Gasteiger partial charge in [-0.2, -0.15) is 0 Å². The van der Waals surface area contributed by atoms with Crippen LogP contribution in [-0.4, -0.2) is 9.55 Å². The third-order valence-electron chi connectivity index (χ3n) is 4.16. The van der Waals surface area contributed by atoms with Crippen LogP contribution in [0.2, 0.25) is 0 Å². The van der Waals surface area contributed by atoms with E-state index in [1.54, 1.807) is 0 Å². The molecule has 0 bridgehead atoms. The number of hydrogen-bond acceptors (Lipinski definition) is 2. The maximum absolute atomic E-state index is 6.52. The molecule has 1 aliphatic carbocycles. The van der Waals surface area contributed by atoms with Crippen LogP contribution in [0.5, 0.6) is 0 Å². The fourth-order valence-electron chi connectivity index (χ4n) is 3.09. The SMILES string of the molecule is NC1(c2cn3c(n2)CCCC3)CCCCC1. The Labute approximate surface area is 97.0 Å². The highest BCUT2D eigenvalue weighted by Gasteiger charge is 2.32. The predicted octanol–water partition coefficient (Wildman–Crippen LogP) is 2.34. The molecule has 1 fully saturated rings. The van der Waals surface area contributed by atoms with Gasteiger partial charge in [-0.3, -0.25) is 0 Å². The van der Waals surface area contributed by atoms with Gasteiger partial charge in [-0.05, 0) is 25.7 Å². The first-order valence-electron chi connectivity index (χ1n) is 6.63. The van der Waals surface area contributed by atoms with Crippen molar-refractivity contribution in [2.24, 2.45) is 5.73 Å². The number of nitrogens with zero attached hydrogens (tertiary/aromatic N) is 2. The molecule has 0 unspecified atom stereocenters. The van der Waals surface area contributed by atoms with Crippen LogP contribution in [0, 0.1) is 0 Å². The predicted molar refractivity (Wildman–Crippen MR) is 64.1 cm³/mol. The summed E-state index contributed by atoms with van der Waals surface area (Å²) in [6.07, 6.45) is 12.0. The zero-order valence-electron chi connectivity index (χ0n) is 9.91. The van der Waals surface area contributed by atoms with Gasteiger partial charge in [0.05, 0.1) is 11.2 Å². The molecule has 2 heterocycles. The van der Waals surface area contributed by atoms with E-state index in [4.69, 9.17) is 10.7 Å². The Morgan fingerprint density at radius 1 is 1.12 bits per heavy atom. The first-order valence-corrected chi connectivity index (χ1v) is 6.63. The van der Waals surface area contributed by atoms with Crippen LogP contribution in [0.25, 0.3) is 0 Å². The van der Waals surface area contributed by atoms with E-state index in [2.05, 4.69) is 10.8 Å². The Morgan fingerprint density at radius 3 is 2.69 bits per heavy atom. The molecule has 0 radical (unpaired) electrons. The second-order valence-corrected chi connectivity index (χ2v) is 5.41. The lowest BCUT2D eigenvalue weighted by atomic mass is 9.80. The Bertz CT molecular complexity index is 351. The largest absolute Gasteiger partial charge is 0.335 e. The van der Waals surface area contributed by atoms with Crippen LogP contribution in [0.3, 0.4) is 0 Å². The second kappa shape index (κ2) is 3.88. The van der Waals surface area contributed by atoms with Gasteiger partial charge in [-0.1, -0.05) is 19.3 Å². The smallest absolute Gasteiger partial charge is 0.109 e. The van der Waals surface area contributed by atoms with E-state index >= 15 is 0 Å². The molecular weight excluding hydrogens is 198 g/mol. The van der Waals surface area contributed by atoms with Crippen molar-refractivity contribution in [1.82, 2.24) is 9.55 Å². The van der Waals surface area contributed by atoms with E-state index in [9.17, 15) is 0 Å². The summed E-state index contributed by atoms with van der Waals surface area (Å²) in [4.78, 5) is 4.78. The minimum atomic E-state index is -0.122. The zero-order valence-corrected chi connectivity index (χ0v) is 9.91. The average Bonchev–Trinajstić information content (AvgIpc) is 2.74. The summed E-state index contributed by atoms with van der Waals surface area (Å²) in [5, 5.41) is 0. The summed E-state index contributed by atoms with van der Waals surface area (Å²) < 4.78 is 2.32. The number of rotatable bonds is 1. The number of aromatic nitrogens is 2. The van der Waals surface area contributed by atoms with Gasteiger partial charge in [0.25, 0.3) is 0 Å². The summed E-state index contributed by atoms with van der Waals surface area (Å²) in [6.45, 7) is 1.14. The fraction of sp³-hybridized carbons (Fsp3) is 0.769. The highest BCUT2D eigenvalue weighted by atomic mass is 15.1. The maximum Gasteiger partial charge on any atom is 0.109 e. The van der Waals surface area contributed by atoms with Crippen LogP contribution in [0.1, 0.15) is 56.5 Å². The van der Waals surface area contributed by atoms with Gasteiger partial charge in [0.1, 0.15) is 5.82 Å². The Balaban J connectivity index is 1.90. The van der Waals surface area contributed by atoms with Crippen LogP contribution >= 0.6 is 0 Å². The van der Waals surface area contributed by atoms with Gasteiger partial charge >= 0.3 is 0 Å². The van der Waals surface area contributed by atoms with Crippen LogP contribution in [-0.2, 0) is 18.5 Å². The lowest BCUT2D eigenvalue weighted by Crippen LogP contribution is -2.39. The summed E-state index contributed by atoms with van der Waals surface area (Å²) >= 11 is 0. The number of hydrogen-bond donors (Lipinski definition) is 1. The number of aryl methyl sites for hydroxylation is 2. The summed E-state index contributed by atoms with van der Waals surface area (Å²) in [6, 6.07) is 0.